The lowest BCUT2D eigenvalue weighted by molar-refractivity contribution is 0.562. The third kappa shape index (κ3) is 5.60. The number of hydrogen-bond acceptors (Lipinski definition) is 2. The van der Waals surface area contributed by atoms with E-state index >= 15 is 0 Å². The first-order chi connectivity index (χ1) is 10.3. The van der Waals surface area contributed by atoms with Gasteiger partial charge < -0.3 is 10.6 Å². The third-order valence-corrected chi connectivity index (χ3v) is 4.17. The highest BCUT2D eigenvalue weighted by Crippen LogP contribution is 2.13. The van der Waals surface area contributed by atoms with Crippen LogP contribution in [-0.2, 0) is 13.0 Å². The van der Waals surface area contributed by atoms with Gasteiger partial charge >= 0.3 is 0 Å². The number of benzene rings is 1. The molecule has 21 heavy (non-hydrogen) atoms. The fraction of sp³-hybridized carbons (Fsp3) is 0.353. The molecule has 0 aliphatic rings. The number of guanidine groups is 1. The molecule has 1 heterocycles. The number of aliphatic imine (C=N–C) groups is 1. The lowest BCUT2D eigenvalue weighted by atomic mass is 10.1. The van der Waals surface area contributed by atoms with Crippen LogP contribution in [0.1, 0.15) is 17.4 Å². The van der Waals surface area contributed by atoms with Gasteiger partial charge in [-0.3, -0.25) is 4.99 Å². The molecule has 0 amide bonds. The normalized spacial score (nSPS) is 13.0. The van der Waals surface area contributed by atoms with Crippen molar-refractivity contribution in [3.05, 3.63) is 58.3 Å². The molecule has 1 aromatic carbocycles. The van der Waals surface area contributed by atoms with E-state index in [0.717, 1.165) is 25.5 Å². The van der Waals surface area contributed by atoms with Crippen LogP contribution >= 0.6 is 11.3 Å². The van der Waals surface area contributed by atoms with Gasteiger partial charge in [0, 0.05) is 25.0 Å². The Kier molecular flexibility index (Phi) is 6.28. The van der Waals surface area contributed by atoms with Gasteiger partial charge in [-0.15, -0.1) is 11.3 Å². The maximum absolute atomic E-state index is 4.27. The van der Waals surface area contributed by atoms with Crippen LogP contribution in [0.25, 0.3) is 0 Å². The van der Waals surface area contributed by atoms with Gasteiger partial charge in [0.05, 0.1) is 0 Å². The van der Waals surface area contributed by atoms with Crippen LogP contribution in [0.15, 0.2) is 52.8 Å². The maximum Gasteiger partial charge on any atom is 0.191 e. The van der Waals surface area contributed by atoms with Crippen molar-refractivity contribution in [3.63, 3.8) is 0 Å². The summed E-state index contributed by atoms with van der Waals surface area (Å²) in [6.45, 7) is 3.98. The van der Waals surface area contributed by atoms with Gasteiger partial charge in [-0.05, 0) is 29.3 Å². The van der Waals surface area contributed by atoms with Crippen molar-refractivity contribution >= 4 is 17.3 Å². The van der Waals surface area contributed by atoms with Crippen LogP contribution in [0.5, 0.6) is 0 Å². The van der Waals surface area contributed by atoms with Crippen molar-refractivity contribution < 1.29 is 0 Å². The van der Waals surface area contributed by atoms with Gasteiger partial charge in [0.15, 0.2) is 5.96 Å². The minimum Gasteiger partial charge on any atom is -0.356 e. The number of thiophene rings is 1. The minimum absolute atomic E-state index is 0.582. The third-order valence-electron chi connectivity index (χ3n) is 3.27. The highest BCUT2D eigenvalue weighted by atomic mass is 32.1. The van der Waals surface area contributed by atoms with Crippen molar-refractivity contribution in [2.75, 3.05) is 13.6 Å². The van der Waals surface area contributed by atoms with E-state index < -0.39 is 0 Å². The molecule has 2 rings (SSSR count). The zero-order valence-corrected chi connectivity index (χ0v) is 13.5. The Morgan fingerprint density at radius 2 is 1.95 bits per heavy atom. The first-order valence-corrected chi connectivity index (χ1v) is 8.16. The van der Waals surface area contributed by atoms with Crippen LogP contribution < -0.4 is 10.6 Å². The van der Waals surface area contributed by atoms with Crippen molar-refractivity contribution in [2.24, 2.45) is 10.9 Å². The highest BCUT2D eigenvalue weighted by Gasteiger charge is 2.06. The van der Waals surface area contributed by atoms with E-state index in [2.05, 4.69) is 64.3 Å². The number of hydrogen-bond donors (Lipinski definition) is 2. The Bertz CT molecular complexity index is 534. The Balaban J connectivity index is 1.72. The van der Waals surface area contributed by atoms with Crippen LogP contribution in [-0.4, -0.2) is 19.6 Å². The van der Waals surface area contributed by atoms with Gasteiger partial charge in [-0.25, -0.2) is 0 Å². The molecule has 1 unspecified atom stereocenters. The highest BCUT2D eigenvalue weighted by molar-refractivity contribution is 7.09. The largest absolute Gasteiger partial charge is 0.356 e. The van der Waals surface area contributed by atoms with Gasteiger partial charge in [0.25, 0.3) is 0 Å². The first-order valence-electron chi connectivity index (χ1n) is 7.28. The summed E-state index contributed by atoms with van der Waals surface area (Å²) in [5, 5.41) is 8.87. The molecule has 112 valence electrons. The standard InChI is InChI=1S/C17H23N3S/c1-14(11-16-9-6-10-21-16)12-19-17(18-2)20-13-15-7-4-3-5-8-15/h3-10,14H,11-13H2,1-2H3,(H2,18,19,20). The molecule has 2 aromatic rings. The van der Waals surface area contributed by atoms with E-state index in [9.17, 15) is 0 Å². The summed E-state index contributed by atoms with van der Waals surface area (Å²) < 4.78 is 0. The van der Waals surface area contributed by atoms with Gasteiger partial charge in [-0.1, -0.05) is 43.3 Å². The zero-order valence-electron chi connectivity index (χ0n) is 12.7. The van der Waals surface area contributed by atoms with E-state index in [1.807, 2.05) is 24.5 Å². The van der Waals surface area contributed by atoms with E-state index in [-0.39, 0.29) is 0 Å². The fourth-order valence-corrected chi connectivity index (χ4v) is 2.99. The van der Waals surface area contributed by atoms with Crippen LogP contribution in [0.3, 0.4) is 0 Å². The van der Waals surface area contributed by atoms with E-state index in [1.165, 1.54) is 10.4 Å². The summed E-state index contributed by atoms with van der Waals surface area (Å²) in [5.41, 5.74) is 1.26. The Hall–Kier alpha value is -1.81. The molecule has 0 radical (unpaired) electrons. The number of rotatable bonds is 6. The molecule has 1 aromatic heterocycles. The first kappa shape index (κ1) is 15.6. The van der Waals surface area contributed by atoms with Crippen LogP contribution in [0.4, 0.5) is 0 Å². The molecule has 0 saturated heterocycles. The molecule has 0 aliphatic heterocycles. The minimum atomic E-state index is 0.582. The smallest absolute Gasteiger partial charge is 0.191 e. The van der Waals surface area contributed by atoms with Crippen molar-refractivity contribution in [1.82, 2.24) is 10.6 Å². The van der Waals surface area contributed by atoms with Crippen molar-refractivity contribution in [3.8, 4) is 0 Å². The van der Waals surface area contributed by atoms with Crippen LogP contribution in [0.2, 0.25) is 0 Å². The molecule has 0 fully saturated rings. The second-order valence-corrected chi connectivity index (χ2v) is 6.21. The Morgan fingerprint density at radius 3 is 2.62 bits per heavy atom. The molecule has 1 atom stereocenters. The lowest BCUT2D eigenvalue weighted by Gasteiger charge is -2.15. The van der Waals surface area contributed by atoms with Crippen molar-refractivity contribution in [1.29, 1.82) is 0 Å². The molecule has 2 N–H and O–H groups in total. The Morgan fingerprint density at radius 1 is 1.14 bits per heavy atom. The lowest BCUT2D eigenvalue weighted by Crippen LogP contribution is -2.39. The second kappa shape index (κ2) is 8.47. The SMILES string of the molecule is CN=C(NCc1ccccc1)NCC(C)Cc1cccs1. The fourth-order valence-electron chi connectivity index (χ4n) is 2.12. The molecule has 0 saturated carbocycles. The quantitative estimate of drug-likeness (QED) is 0.634. The Labute approximate surface area is 131 Å². The van der Waals surface area contributed by atoms with Gasteiger partial charge in [0.1, 0.15) is 0 Å². The average molecular weight is 301 g/mol. The van der Waals surface area contributed by atoms with Gasteiger partial charge in [0.2, 0.25) is 0 Å². The van der Waals surface area contributed by atoms with E-state index in [1.54, 1.807) is 0 Å². The number of nitrogens with zero attached hydrogens (tertiary/aromatic N) is 1. The summed E-state index contributed by atoms with van der Waals surface area (Å²) in [4.78, 5) is 5.71. The maximum atomic E-state index is 4.27. The average Bonchev–Trinajstić information content (AvgIpc) is 3.01. The second-order valence-electron chi connectivity index (χ2n) is 5.18. The molecular formula is C17H23N3S. The van der Waals surface area contributed by atoms with Crippen molar-refractivity contribution in [2.45, 2.75) is 19.9 Å². The predicted molar refractivity (Wildman–Crippen MR) is 91.8 cm³/mol. The summed E-state index contributed by atoms with van der Waals surface area (Å²) in [6.07, 6.45) is 1.11. The summed E-state index contributed by atoms with van der Waals surface area (Å²) >= 11 is 1.83. The molecular weight excluding hydrogens is 278 g/mol. The number of nitrogens with one attached hydrogen (secondary N) is 2. The molecule has 0 spiro atoms. The van der Waals surface area contributed by atoms with Gasteiger partial charge in [-0.2, -0.15) is 0 Å². The molecule has 3 nitrogen and oxygen atoms in total. The van der Waals surface area contributed by atoms with Crippen LogP contribution in [0, 0.1) is 5.92 Å². The summed E-state index contributed by atoms with van der Waals surface area (Å²) in [6, 6.07) is 14.7. The predicted octanol–water partition coefficient (Wildman–Crippen LogP) is 3.29. The zero-order chi connectivity index (χ0) is 14.9. The van der Waals surface area contributed by atoms with E-state index in [0.29, 0.717) is 5.92 Å². The molecule has 4 heteroatoms. The summed E-state index contributed by atoms with van der Waals surface area (Å²) in [7, 11) is 1.81. The monoisotopic (exact) mass is 301 g/mol. The van der Waals surface area contributed by atoms with E-state index in [4.69, 9.17) is 0 Å². The topological polar surface area (TPSA) is 36.4 Å². The molecule has 0 bridgehead atoms. The molecule has 0 aliphatic carbocycles. The summed E-state index contributed by atoms with van der Waals surface area (Å²) in [5.74, 6) is 1.44.